The van der Waals surface area contributed by atoms with E-state index in [9.17, 15) is 4.79 Å². The Morgan fingerprint density at radius 2 is 1.86 bits per heavy atom. The molecule has 3 aromatic heterocycles. The molecule has 3 heterocycles. The van der Waals surface area contributed by atoms with Crippen LogP contribution in [0.25, 0.3) is 11.6 Å². The van der Waals surface area contributed by atoms with Crippen LogP contribution < -0.4 is 5.32 Å². The molecule has 4 rings (SSSR count). The van der Waals surface area contributed by atoms with Crippen molar-refractivity contribution in [2.24, 2.45) is 0 Å². The Hall–Kier alpha value is -3.26. The summed E-state index contributed by atoms with van der Waals surface area (Å²) in [5.41, 5.74) is 2.01. The fourth-order valence-corrected chi connectivity index (χ4v) is 3.57. The summed E-state index contributed by atoms with van der Waals surface area (Å²) in [5, 5.41) is 12.0. The van der Waals surface area contributed by atoms with E-state index in [0.717, 1.165) is 17.9 Å². The zero-order chi connectivity index (χ0) is 20.1. The molecular formula is C21H20N4O3S. The van der Waals surface area contributed by atoms with Crippen molar-refractivity contribution in [2.45, 2.75) is 25.0 Å². The summed E-state index contributed by atoms with van der Waals surface area (Å²) in [6.07, 6.45) is 4.18. The number of thioether (sulfide) groups is 1. The van der Waals surface area contributed by atoms with E-state index in [-0.39, 0.29) is 11.7 Å². The molecular weight excluding hydrogens is 388 g/mol. The van der Waals surface area contributed by atoms with E-state index in [4.69, 9.17) is 8.83 Å². The number of carbonyl (C=O) groups is 1. The molecule has 0 saturated heterocycles. The Labute approximate surface area is 172 Å². The van der Waals surface area contributed by atoms with Gasteiger partial charge in [0.15, 0.2) is 10.9 Å². The maximum Gasteiger partial charge on any atom is 0.234 e. The number of aryl methyl sites for hydroxylation is 1. The number of aromatic nitrogens is 3. The minimum Gasteiger partial charge on any atom is -0.467 e. The Kier molecular flexibility index (Phi) is 5.81. The first kappa shape index (κ1) is 19.1. The van der Waals surface area contributed by atoms with Gasteiger partial charge in [0.05, 0.1) is 24.8 Å². The second-order valence-electron chi connectivity index (χ2n) is 6.34. The van der Waals surface area contributed by atoms with Gasteiger partial charge in [-0.1, -0.05) is 30.8 Å². The normalized spacial score (nSPS) is 10.9. The monoisotopic (exact) mass is 408 g/mol. The van der Waals surface area contributed by atoms with E-state index in [1.165, 1.54) is 17.3 Å². The molecule has 0 fully saturated rings. The van der Waals surface area contributed by atoms with Gasteiger partial charge in [-0.15, -0.1) is 10.2 Å². The first-order valence-corrected chi connectivity index (χ1v) is 10.2. The number of rotatable bonds is 8. The zero-order valence-electron chi connectivity index (χ0n) is 15.9. The molecule has 0 aliphatic heterocycles. The molecule has 29 heavy (non-hydrogen) atoms. The average Bonchev–Trinajstić information content (AvgIpc) is 3.50. The van der Waals surface area contributed by atoms with Crippen molar-refractivity contribution in [1.82, 2.24) is 14.8 Å². The van der Waals surface area contributed by atoms with Gasteiger partial charge in [0.2, 0.25) is 11.7 Å². The molecule has 0 radical (unpaired) electrons. The Balaban J connectivity index is 1.46. The molecule has 148 valence electrons. The van der Waals surface area contributed by atoms with Crippen LogP contribution in [0.2, 0.25) is 0 Å². The molecule has 8 heteroatoms. The van der Waals surface area contributed by atoms with Crippen LogP contribution >= 0.6 is 11.8 Å². The van der Waals surface area contributed by atoms with E-state index < -0.39 is 0 Å². The lowest BCUT2D eigenvalue weighted by molar-refractivity contribution is -0.113. The van der Waals surface area contributed by atoms with Gasteiger partial charge < -0.3 is 14.2 Å². The highest BCUT2D eigenvalue weighted by Crippen LogP contribution is 2.25. The van der Waals surface area contributed by atoms with Crippen LogP contribution in [-0.4, -0.2) is 26.4 Å². The first-order chi connectivity index (χ1) is 14.2. The lowest BCUT2D eigenvalue weighted by Crippen LogP contribution is -2.14. The van der Waals surface area contributed by atoms with Crippen LogP contribution in [0.5, 0.6) is 0 Å². The molecule has 0 unspecified atom stereocenters. The lowest BCUT2D eigenvalue weighted by Gasteiger charge is -2.08. The Morgan fingerprint density at radius 3 is 2.55 bits per heavy atom. The first-order valence-electron chi connectivity index (χ1n) is 9.24. The lowest BCUT2D eigenvalue weighted by atomic mass is 10.1. The Bertz CT molecular complexity index is 1050. The third kappa shape index (κ3) is 4.60. The number of benzene rings is 1. The van der Waals surface area contributed by atoms with Crippen LogP contribution in [0.3, 0.4) is 0 Å². The molecule has 0 bridgehead atoms. The van der Waals surface area contributed by atoms with Crippen molar-refractivity contribution in [2.75, 3.05) is 11.1 Å². The number of amides is 1. The second-order valence-corrected chi connectivity index (χ2v) is 7.28. The van der Waals surface area contributed by atoms with Gasteiger partial charge in [-0.25, -0.2) is 0 Å². The third-order valence-corrected chi connectivity index (χ3v) is 5.30. The van der Waals surface area contributed by atoms with Crippen molar-refractivity contribution >= 4 is 23.4 Å². The molecule has 0 aliphatic carbocycles. The number of hydrogen-bond acceptors (Lipinski definition) is 6. The summed E-state index contributed by atoms with van der Waals surface area (Å²) in [6, 6.07) is 15.2. The molecule has 1 aromatic carbocycles. The van der Waals surface area contributed by atoms with Crippen LogP contribution in [-0.2, 0) is 17.8 Å². The predicted octanol–water partition coefficient (Wildman–Crippen LogP) is 4.47. The number of nitrogens with zero attached hydrogens (tertiary/aromatic N) is 3. The molecule has 1 N–H and O–H groups in total. The maximum absolute atomic E-state index is 12.4. The maximum atomic E-state index is 12.4. The molecule has 7 nitrogen and oxygen atoms in total. The zero-order valence-corrected chi connectivity index (χ0v) is 16.7. The number of furan rings is 2. The van der Waals surface area contributed by atoms with Gasteiger partial charge in [-0.05, 0) is 48.4 Å². The summed E-state index contributed by atoms with van der Waals surface area (Å²) >= 11 is 1.32. The van der Waals surface area contributed by atoms with Gasteiger partial charge in [-0.2, -0.15) is 0 Å². The summed E-state index contributed by atoms with van der Waals surface area (Å²) in [7, 11) is 0. The van der Waals surface area contributed by atoms with Gasteiger partial charge in [-0.3, -0.25) is 9.36 Å². The van der Waals surface area contributed by atoms with E-state index in [2.05, 4.69) is 22.4 Å². The van der Waals surface area contributed by atoms with Gasteiger partial charge in [0.1, 0.15) is 5.76 Å². The molecule has 4 aromatic rings. The van der Waals surface area contributed by atoms with Gasteiger partial charge in [0, 0.05) is 5.69 Å². The topological polar surface area (TPSA) is 86.1 Å². The van der Waals surface area contributed by atoms with Crippen molar-refractivity contribution in [3.8, 4) is 11.6 Å². The van der Waals surface area contributed by atoms with Gasteiger partial charge in [0.25, 0.3) is 0 Å². The van der Waals surface area contributed by atoms with Crippen LogP contribution in [0, 0.1) is 0 Å². The standard InChI is InChI=1S/C21H20N4O3S/c1-2-15-7-9-16(10-8-15)22-19(26)14-29-21-24-23-20(18-6-4-12-28-18)25(21)13-17-5-3-11-27-17/h3-12H,2,13-14H2,1H3,(H,22,26). The highest BCUT2D eigenvalue weighted by atomic mass is 32.2. The highest BCUT2D eigenvalue weighted by molar-refractivity contribution is 7.99. The van der Waals surface area contributed by atoms with E-state index in [1.807, 2.05) is 47.0 Å². The number of anilines is 1. The summed E-state index contributed by atoms with van der Waals surface area (Å²) in [4.78, 5) is 12.4. The van der Waals surface area contributed by atoms with Crippen LogP contribution in [0.1, 0.15) is 18.2 Å². The fourth-order valence-electron chi connectivity index (χ4n) is 2.84. The van der Waals surface area contributed by atoms with Crippen LogP contribution in [0.15, 0.2) is 75.0 Å². The minimum absolute atomic E-state index is 0.105. The Morgan fingerprint density at radius 1 is 1.07 bits per heavy atom. The molecule has 0 aliphatic rings. The van der Waals surface area contributed by atoms with Crippen molar-refractivity contribution in [3.05, 3.63) is 72.4 Å². The van der Waals surface area contributed by atoms with E-state index in [0.29, 0.717) is 23.3 Å². The van der Waals surface area contributed by atoms with Crippen molar-refractivity contribution in [1.29, 1.82) is 0 Å². The second kappa shape index (κ2) is 8.83. The largest absolute Gasteiger partial charge is 0.467 e. The number of hydrogen-bond donors (Lipinski definition) is 1. The highest BCUT2D eigenvalue weighted by Gasteiger charge is 2.18. The molecule has 0 saturated carbocycles. The van der Waals surface area contributed by atoms with E-state index in [1.54, 1.807) is 18.6 Å². The molecule has 0 atom stereocenters. The van der Waals surface area contributed by atoms with Crippen molar-refractivity contribution < 1.29 is 13.6 Å². The quantitative estimate of drug-likeness (QED) is 0.433. The fraction of sp³-hybridized carbons (Fsp3) is 0.190. The number of carbonyl (C=O) groups excluding carboxylic acids is 1. The van der Waals surface area contributed by atoms with E-state index >= 15 is 0 Å². The summed E-state index contributed by atoms with van der Waals surface area (Å²) in [6.45, 7) is 2.54. The molecule has 1 amide bonds. The minimum atomic E-state index is -0.105. The number of nitrogens with one attached hydrogen (secondary N) is 1. The predicted molar refractivity (Wildman–Crippen MR) is 111 cm³/mol. The van der Waals surface area contributed by atoms with Crippen molar-refractivity contribution in [3.63, 3.8) is 0 Å². The summed E-state index contributed by atoms with van der Waals surface area (Å²) < 4.78 is 12.8. The smallest absolute Gasteiger partial charge is 0.234 e. The van der Waals surface area contributed by atoms with Crippen LogP contribution in [0.4, 0.5) is 5.69 Å². The van der Waals surface area contributed by atoms with Gasteiger partial charge >= 0.3 is 0 Å². The molecule has 0 spiro atoms. The summed E-state index contributed by atoms with van der Waals surface area (Å²) in [5.74, 6) is 2.07. The average molecular weight is 408 g/mol. The SMILES string of the molecule is CCc1ccc(NC(=O)CSc2nnc(-c3ccco3)n2Cc2ccco2)cc1. The third-order valence-electron chi connectivity index (χ3n) is 4.33.